The third kappa shape index (κ3) is 4.96. The summed E-state index contributed by atoms with van der Waals surface area (Å²) in [7, 11) is 1.62. The molecule has 1 heterocycles. The van der Waals surface area contributed by atoms with Crippen LogP contribution in [0.15, 0.2) is 36.4 Å². The molecule has 2 aromatic rings. The fourth-order valence-electron chi connectivity index (χ4n) is 3.53. The molecule has 29 heavy (non-hydrogen) atoms. The van der Waals surface area contributed by atoms with Crippen molar-refractivity contribution >= 4 is 17.5 Å². The van der Waals surface area contributed by atoms with Crippen molar-refractivity contribution in [1.82, 2.24) is 5.32 Å². The van der Waals surface area contributed by atoms with E-state index < -0.39 is 11.7 Å². The molecule has 5 nitrogen and oxygen atoms in total. The fourth-order valence-corrected chi connectivity index (χ4v) is 3.65. The van der Waals surface area contributed by atoms with Crippen LogP contribution in [0.1, 0.15) is 50.8 Å². The maximum atomic E-state index is 13.0. The lowest BCUT2D eigenvalue weighted by Gasteiger charge is -2.38. The van der Waals surface area contributed by atoms with Crippen molar-refractivity contribution in [2.24, 2.45) is 0 Å². The molecule has 0 aliphatic carbocycles. The van der Waals surface area contributed by atoms with Gasteiger partial charge in [0.2, 0.25) is 0 Å². The van der Waals surface area contributed by atoms with Crippen molar-refractivity contribution in [3.8, 4) is 17.2 Å². The van der Waals surface area contributed by atoms with E-state index in [1.165, 1.54) is 0 Å². The molecule has 0 radical (unpaired) electrons. The van der Waals surface area contributed by atoms with Gasteiger partial charge in [0.05, 0.1) is 13.2 Å². The third-order valence-corrected chi connectivity index (χ3v) is 5.49. The van der Waals surface area contributed by atoms with Gasteiger partial charge in [-0.25, -0.2) is 0 Å². The van der Waals surface area contributed by atoms with Crippen LogP contribution in [0.4, 0.5) is 0 Å². The first-order valence-electron chi connectivity index (χ1n) is 9.82. The van der Waals surface area contributed by atoms with Crippen LogP contribution >= 0.6 is 11.6 Å². The molecule has 2 unspecified atom stereocenters. The number of benzene rings is 2. The summed E-state index contributed by atoms with van der Waals surface area (Å²) in [6.07, 6.45) is 0.594. The monoisotopic (exact) mass is 417 g/mol. The van der Waals surface area contributed by atoms with Gasteiger partial charge in [-0.3, -0.25) is 4.79 Å². The summed E-state index contributed by atoms with van der Waals surface area (Å²) in [5.74, 6) is 1.96. The van der Waals surface area contributed by atoms with Crippen molar-refractivity contribution in [1.29, 1.82) is 0 Å². The van der Waals surface area contributed by atoms with Crippen LogP contribution in [0.5, 0.6) is 17.2 Å². The smallest absolute Gasteiger partial charge is 0.261 e. The van der Waals surface area contributed by atoms with E-state index in [1.54, 1.807) is 19.2 Å². The quantitative estimate of drug-likeness (QED) is 0.698. The van der Waals surface area contributed by atoms with Gasteiger partial charge in [0.1, 0.15) is 22.8 Å². The number of nitrogens with one attached hydrogen (secondary N) is 1. The largest absolute Gasteiger partial charge is 0.497 e. The lowest BCUT2D eigenvalue weighted by molar-refractivity contribution is -0.129. The Hall–Kier alpha value is -2.40. The van der Waals surface area contributed by atoms with Gasteiger partial charge >= 0.3 is 0 Å². The predicted octanol–water partition coefficient (Wildman–Crippen LogP) is 5.23. The summed E-state index contributed by atoms with van der Waals surface area (Å²) in [5, 5.41) is 3.82. The number of halogens is 1. The molecule has 0 fully saturated rings. The van der Waals surface area contributed by atoms with Crippen LogP contribution in [-0.4, -0.2) is 24.7 Å². The highest BCUT2D eigenvalue weighted by molar-refractivity contribution is 6.31. The highest BCUT2D eigenvalue weighted by Gasteiger charge is 2.36. The van der Waals surface area contributed by atoms with Crippen LogP contribution < -0.4 is 19.5 Å². The molecule has 2 atom stereocenters. The zero-order chi connectivity index (χ0) is 21.2. The molecular weight excluding hydrogens is 390 g/mol. The van der Waals surface area contributed by atoms with E-state index in [9.17, 15) is 4.79 Å². The zero-order valence-corrected chi connectivity index (χ0v) is 18.3. The van der Waals surface area contributed by atoms with Crippen molar-refractivity contribution in [2.45, 2.75) is 58.3 Å². The Morgan fingerprint density at radius 3 is 2.66 bits per heavy atom. The molecule has 6 heteroatoms. The molecule has 0 aromatic heterocycles. The second kappa shape index (κ2) is 8.54. The van der Waals surface area contributed by atoms with Crippen LogP contribution in [0.2, 0.25) is 5.02 Å². The minimum atomic E-state index is -0.601. The Bertz CT molecular complexity index is 896. The Kier molecular flexibility index (Phi) is 6.27. The lowest BCUT2D eigenvalue weighted by Crippen LogP contribution is -2.45. The molecule has 1 aliphatic rings. The summed E-state index contributed by atoms with van der Waals surface area (Å²) in [6.45, 7) is 7.87. The van der Waals surface area contributed by atoms with Gasteiger partial charge in [-0.05, 0) is 69.2 Å². The van der Waals surface area contributed by atoms with Crippen LogP contribution in [0.25, 0.3) is 0 Å². The van der Waals surface area contributed by atoms with Gasteiger partial charge < -0.3 is 19.5 Å². The van der Waals surface area contributed by atoms with E-state index in [0.29, 0.717) is 23.6 Å². The molecule has 0 saturated heterocycles. The van der Waals surface area contributed by atoms with Crippen molar-refractivity contribution in [2.75, 3.05) is 7.11 Å². The molecule has 3 rings (SSSR count). The Morgan fingerprint density at radius 2 is 2.00 bits per heavy atom. The highest BCUT2D eigenvalue weighted by atomic mass is 35.5. The van der Waals surface area contributed by atoms with Gasteiger partial charge in [-0.1, -0.05) is 18.5 Å². The number of aryl methyl sites for hydroxylation is 1. The fraction of sp³-hybridized carbons (Fsp3) is 0.435. The van der Waals surface area contributed by atoms with E-state index in [1.807, 2.05) is 52.0 Å². The molecule has 0 saturated carbocycles. The van der Waals surface area contributed by atoms with E-state index in [-0.39, 0.29) is 11.9 Å². The number of fused-ring (bicyclic) bond motifs is 1. The van der Waals surface area contributed by atoms with Crippen molar-refractivity contribution in [3.63, 3.8) is 0 Å². The number of carbonyl (C=O) groups is 1. The van der Waals surface area contributed by atoms with Crippen molar-refractivity contribution < 1.29 is 19.0 Å². The first-order chi connectivity index (χ1) is 13.7. The SMILES string of the molecule is CCC(Oc1ccc(Cl)c(C)c1)C(=O)NC1CC(C)(C)Oc2ccc(OC)cc21. The number of carbonyl (C=O) groups excluding carboxylic acids is 1. The normalized spacial score (nSPS) is 18.2. The standard InChI is InChI=1S/C23H28ClNO4/c1-6-20(28-16-7-9-18(24)14(2)11-16)22(26)25-19-13-23(3,4)29-21-10-8-15(27-5)12-17(19)21/h7-12,19-20H,6,13H2,1-5H3,(H,25,26). The zero-order valence-electron chi connectivity index (χ0n) is 17.5. The van der Waals surface area contributed by atoms with E-state index >= 15 is 0 Å². The Balaban J connectivity index is 1.80. The summed E-state index contributed by atoms with van der Waals surface area (Å²) >= 11 is 6.08. The molecule has 1 amide bonds. The highest BCUT2D eigenvalue weighted by Crippen LogP contribution is 2.41. The number of rotatable bonds is 6. The number of ether oxygens (including phenoxy) is 3. The number of hydrogen-bond donors (Lipinski definition) is 1. The average Bonchev–Trinajstić information content (AvgIpc) is 2.67. The minimum Gasteiger partial charge on any atom is -0.497 e. The topological polar surface area (TPSA) is 56.8 Å². The van der Waals surface area contributed by atoms with E-state index in [0.717, 1.165) is 22.6 Å². The number of amides is 1. The molecule has 1 aliphatic heterocycles. The van der Waals surface area contributed by atoms with Gasteiger partial charge in [-0.2, -0.15) is 0 Å². The third-order valence-electron chi connectivity index (χ3n) is 5.06. The van der Waals surface area contributed by atoms with Crippen LogP contribution in [0, 0.1) is 6.92 Å². The summed E-state index contributed by atoms with van der Waals surface area (Å²) < 4.78 is 17.4. The average molecular weight is 418 g/mol. The minimum absolute atomic E-state index is 0.156. The van der Waals surface area contributed by atoms with Crippen molar-refractivity contribution in [3.05, 3.63) is 52.5 Å². The first-order valence-corrected chi connectivity index (χ1v) is 10.2. The van der Waals surface area contributed by atoms with Crippen LogP contribution in [-0.2, 0) is 4.79 Å². The summed E-state index contributed by atoms with van der Waals surface area (Å²) in [6, 6.07) is 10.9. The maximum absolute atomic E-state index is 13.0. The second-order valence-corrected chi connectivity index (χ2v) is 8.36. The molecule has 0 bridgehead atoms. The first kappa shape index (κ1) is 21.3. The Morgan fingerprint density at radius 1 is 1.28 bits per heavy atom. The molecule has 156 valence electrons. The van der Waals surface area contributed by atoms with E-state index in [2.05, 4.69) is 5.32 Å². The molecule has 0 spiro atoms. The predicted molar refractivity (Wildman–Crippen MR) is 114 cm³/mol. The Labute approximate surface area is 177 Å². The molecular formula is C23H28ClNO4. The van der Waals surface area contributed by atoms with Crippen LogP contribution in [0.3, 0.4) is 0 Å². The van der Waals surface area contributed by atoms with Gasteiger partial charge in [0.15, 0.2) is 6.10 Å². The second-order valence-electron chi connectivity index (χ2n) is 7.96. The lowest BCUT2D eigenvalue weighted by atomic mass is 9.89. The number of hydrogen-bond acceptors (Lipinski definition) is 4. The summed E-state index contributed by atoms with van der Waals surface area (Å²) in [5.41, 5.74) is 1.43. The van der Waals surface area contributed by atoms with Gasteiger partial charge in [0.25, 0.3) is 5.91 Å². The summed E-state index contributed by atoms with van der Waals surface area (Å²) in [4.78, 5) is 13.0. The van der Waals surface area contributed by atoms with Gasteiger partial charge in [-0.15, -0.1) is 0 Å². The molecule has 1 N–H and O–H groups in total. The molecule has 2 aromatic carbocycles. The van der Waals surface area contributed by atoms with Gasteiger partial charge in [0, 0.05) is 17.0 Å². The number of methoxy groups -OCH3 is 1. The van der Waals surface area contributed by atoms with E-state index in [4.69, 9.17) is 25.8 Å². The maximum Gasteiger partial charge on any atom is 0.261 e.